The number of aromatic hydroxyl groups is 4. The average Bonchev–Trinajstić information content (AvgIpc) is 1.74. The Morgan fingerprint density at radius 2 is 0.912 bits per heavy atom. The molecule has 91 heavy (non-hydrogen) atoms. The summed E-state index contributed by atoms with van der Waals surface area (Å²) in [6.45, 7) is 27.7. The van der Waals surface area contributed by atoms with Gasteiger partial charge < -0.3 is 44.9 Å². The number of ether oxygens (including phenoxy) is 2. The number of carbonyl (C=O) groups excluding carboxylic acids is 1. The third kappa shape index (κ3) is 19.1. The molecule has 19 nitrogen and oxygen atoms in total. The number of hydrogen-bond donors (Lipinski definition) is 7. The van der Waals surface area contributed by atoms with Crippen LogP contribution in [0.4, 0.5) is 0 Å². The van der Waals surface area contributed by atoms with E-state index in [4.69, 9.17) is 9.47 Å². The van der Waals surface area contributed by atoms with Crippen LogP contribution in [0, 0.1) is 0 Å². The standard InChI is InChI=1S/C35H45N5O4S.C22H27N5O3.C13H18O2S/c1-24(2)29-20-30(32(42)21-31(29)41)33-36-37-34(43)40(33)27-10-6-25(7-11-27)22-39-18-16-38(17-19-39)15-14-35(3,4)45-23-26-8-12-28(44-5)13-9-26;1-14(2)17-11-18(20(29)12-19(17)28)21-24-25-22(30)27(21)16-5-3-15(4-6-16)13-26-9-7-23-8-10-26;1-13(2,8-9-14)16-10-11-4-6-12(15-3)7-5-11/h6-13,20-21,24,41-42H,14-19,22-23H2,1-5H3,(H,37,43);3-6,11-12,14,23,28-29H,7-10,13H2,1-2H3,(H,25,30);4-7,9H,8,10H2,1-3H3. The number of aromatic nitrogens is 6. The van der Waals surface area contributed by atoms with Gasteiger partial charge in [-0.3, -0.25) is 9.80 Å². The molecule has 0 saturated carbocycles. The van der Waals surface area contributed by atoms with Crippen molar-refractivity contribution in [2.45, 2.75) is 114 Å². The molecule has 0 spiro atoms. The largest absolute Gasteiger partial charge is 0.508 e. The molecule has 2 aliphatic rings. The van der Waals surface area contributed by atoms with Crippen molar-refractivity contribution in [3.63, 3.8) is 0 Å². The predicted octanol–water partition coefficient (Wildman–Crippen LogP) is 11.5. The van der Waals surface area contributed by atoms with Crippen LogP contribution in [0.15, 0.2) is 131 Å². The first kappa shape index (κ1) is 69.1. The fourth-order valence-corrected chi connectivity index (χ4v) is 12.6. The van der Waals surface area contributed by atoms with Gasteiger partial charge in [0, 0.05) is 105 Å². The molecule has 10 rings (SSSR count). The molecule has 2 saturated heterocycles. The van der Waals surface area contributed by atoms with E-state index in [2.05, 4.69) is 92.4 Å². The van der Waals surface area contributed by atoms with Crippen LogP contribution in [0.3, 0.4) is 0 Å². The van der Waals surface area contributed by atoms with E-state index in [9.17, 15) is 34.8 Å². The van der Waals surface area contributed by atoms with Crippen molar-refractivity contribution in [3.8, 4) is 68.6 Å². The topological polar surface area (TPSA) is 240 Å². The number of phenols is 4. The highest BCUT2D eigenvalue weighted by Crippen LogP contribution is 2.40. The molecule has 486 valence electrons. The zero-order chi connectivity index (χ0) is 65.4. The van der Waals surface area contributed by atoms with Gasteiger partial charge in [-0.25, -0.2) is 28.9 Å². The molecule has 2 fully saturated rings. The van der Waals surface area contributed by atoms with Crippen molar-refractivity contribution < 1.29 is 34.7 Å². The van der Waals surface area contributed by atoms with Gasteiger partial charge in [0.2, 0.25) is 0 Å². The lowest BCUT2D eigenvalue weighted by Gasteiger charge is -2.36. The van der Waals surface area contributed by atoms with E-state index in [0.29, 0.717) is 51.7 Å². The van der Waals surface area contributed by atoms with Crippen LogP contribution in [0.5, 0.6) is 34.5 Å². The predicted molar refractivity (Wildman–Crippen MR) is 366 cm³/mol. The number of nitrogens with zero attached hydrogens (tertiary/aromatic N) is 7. The van der Waals surface area contributed by atoms with E-state index in [1.807, 2.05) is 112 Å². The molecule has 0 aliphatic carbocycles. The Morgan fingerprint density at radius 1 is 0.527 bits per heavy atom. The van der Waals surface area contributed by atoms with Crippen molar-refractivity contribution in [1.29, 1.82) is 0 Å². The average molecular weight is 1280 g/mol. The lowest BCUT2D eigenvalue weighted by molar-refractivity contribution is -0.108. The van der Waals surface area contributed by atoms with E-state index < -0.39 is 11.4 Å². The van der Waals surface area contributed by atoms with Crippen molar-refractivity contribution >= 4 is 29.8 Å². The molecule has 2 aromatic heterocycles. The highest BCUT2D eigenvalue weighted by Gasteiger charge is 2.25. The van der Waals surface area contributed by atoms with Gasteiger partial charge in [-0.2, -0.15) is 33.7 Å². The summed E-state index contributed by atoms with van der Waals surface area (Å²) in [4.78, 5) is 43.2. The van der Waals surface area contributed by atoms with Gasteiger partial charge in [0.05, 0.1) is 36.7 Å². The molecule has 0 radical (unpaired) electrons. The molecule has 8 aromatic rings. The molecule has 0 amide bonds. The molecule has 6 aromatic carbocycles. The van der Waals surface area contributed by atoms with Gasteiger partial charge in [-0.05, 0) is 119 Å². The summed E-state index contributed by atoms with van der Waals surface area (Å²) >= 11 is 3.81. The maximum Gasteiger partial charge on any atom is 0.348 e. The van der Waals surface area contributed by atoms with E-state index in [1.165, 1.54) is 43.5 Å². The molecule has 2 aliphatic heterocycles. The molecule has 4 heterocycles. The number of benzene rings is 6. The lowest BCUT2D eigenvalue weighted by atomic mass is 9.98. The third-order valence-corrected chi connectivity index (χ3v) is 19.3. The van der Waals surface area contributed by atoms with Gasteiger partial charge in [-0.15, -0.1) is 0 Å². The summed E-state index contributed by atoms with van der Waals surface area (Å²) in [7, 11) is 3.36. The Bertz CT molecular complexity index is 3740. The number of H-pyrrole nitrogens is 2. The maximum atomic E-state index is 12.8. The van der Waals surface area contributed by atoms with Crippen LogP contribution in [-0.2, 0) is 29.4 Å². The van der Waals surface area contributed by atoms with Crippen molar-refractivity contribution in [2.24, 2.45) is 0 Å². The molecule has 0 bridgehead atoms. The summed E-state index contributed by atoms with van der Waals surface area (Å²) < 4.78 is 13.5. The highest BCUT2D eigenvalue weighted by molar-refractivity contribution is 8.00. The van der Waals surface area contributed by atoms with Crippen LogP contribution < -0.4 is 26.2 Å². The van der Waals surface area contributed by atoms with Gasteiger partial charge in [0.1, 0.15) is 40.8 Å². The normalized spacial score (nSPS) is 14.2. The monoisotopic (exact) mass is 1280 g/mol. The molecule has 0 atom stereocenters. The van der Waals surface area contributed by atoms with Crippen LogP contribution in [0.2, 0.25) is 0 Å². The fourth-order valence-electron chi connectivity index (χ4n) is 10.7. The highest BCUT2D eigenvalue weighted by atomic mass is 32.2. The number of hydrogen-bond acceptors (Lipinski definition) is 17. The van der Waals surface area contributed by atoms with Gasteiger partial charge in [0.25, 0.3) is 0 Å². The SMILES string of the molecule is CC(C)c1cc(-c2n[nH]c(=O)n2-c2ccc(CN3CCNCC3)cc2)c(O)cc1O.COc1ccc(CSC(C)(C)CC=O)cc1.COc1ccc(CSC(C)(C)CCN2CCN(Cc3ccc(-n4c(-c5cc(C(C)C)c(O)cc5O)n[nH]c4=O)cc3)CC2)cc1. The summed E-state index contributed by atoms with van der Waals surface area (Å²) in [6.07, 6.45) is 2.72. The second-order valence-corrected chi connectivity index (χ2v) is 28.3. The van der Waals surface area contributed by atoms with Crippen LogP contribution in [0.25, 0.3) is 34.2 Å². The third-order valence-electron chi connectivity index (χ3n) is 16.4. The number of nitrogens with one attached hydrogen (secondary N) is 3. The van der Waals surface area contributed by atoms with Crippen molar-refractivity contribution in [3.05, 3.63) is 176 Å². The first-order chi connectivity index (χ1) is 43.5. The Hall–Kier alpha value is -7.79. The number of phenolic OH excluding ortho intramolecular Hbond substituents is 4. The van der Waals surface area contributed by atoms with E-state index in [1.54, 1.807) is 38.1 Å². The van der Waals surface area contributed by atoms with Crippen molar-refractivity contribution in [2.75, 3.05) is 73.1 Å². The second kappa shape index (κ2) is 32.0. The summed E-state index contributed by atoms with van der Waals surface area (Å²) in [6, 6.07) is 38.1. The molecular formula is C70H90N10O9S2. The van der Waals surface area contributed by atoms with Gasteiger partial charge in [0.15, 0.2) is 11.6 Å². The number of rotatable bonds is 23. The number of aldehydes is 1. The minimum atomic E-state index is -0.394. The van der Waals surface area contributed by atoms with Crippen molar-refractivity contribution in [1.82, 2.24) is 49.5 Å². The number of thioether (sulfide) groups is 2. The number of carbonyl (C=O) groups is 1. The minimum Gasteiger partial charge on any atom is -0.508 e. The first-order valence-corrected chi connectivity index (χ1v) is 33.0. The van der Waals surface area contributed by atoms with Gasteiger partial charge in [-0.1, -0.05) is 104 Å². The summed E-state index contributed by atoms with van der Waals surface area (Å²) in [5, 5.41) is 58.1. The Kier molecular flexibility index (Phi) is 24.3. The van der Waals surface area contributed by atoms with E-state index in [-0.39, 0.29) is 44.3 Å². The Balaban J connectivity index is 0.000000198. The van der Waals surface area contributed by atoms with E-state index in [0.717, 1.165) is 108 Å². The van der Waals surface area contributed by atoms with Crippen LogP contribution >= 0.6 is 23.5 Å². The molecule has 21 heteroatoms. The second-order valence-electron chi connectivity index (χ2n) is 24.9. The Labute approximate surface area is 542 Å². The van der Waals surface area contributed by atoms with Crippen LogP contribution in [0.1, 0.15) is 113 Å². The molecule has 7 N–H and O–H groups in total. The summed E-state index contributed by atoms with van der Waals surface area (Å²) in [5.74, 6) is 4.14. The smallest absolute Gasteiger partial charge is 0.348 e. The first-order valence-electron chi connectivity index (χ1n) is 31.0. The number of aromatic amines is 2. The zero-order valence-corrected chi connectivity index (χ0v) is 55.8. The lowest BCUT2D eigenvalue weighted by Crippen LogP contribution is -2.46. The fraction of sp³-hybridized carbons (Fsp3) is 0.414. The van der Waals surface area contributed by atoms with E-state index >= 15 is 0 Å². The summed E-state index contributed by atoms with van der Waals surface area (Å²) in [5.41, 5.74) is 7.58. The zero-order valence-electron chi connectivity index (χ0n) is 54.2. The van der Waals surface area contributed by atoms with Crippen LogP contribution in [-0.4, -0.2) is 154 Å². The number of methoxy groups -OCH3 is 2. The molecular weight excluding hydrogens is 1190 g/mol. The number of piperazine rings is 2. The molecule has 0 unspecified atom stereocenters. The quantitative estimate of drug-likeness (QED) is 0.0295. The van der Waals surface area contributed by atoms with Gasteiger partial charge >= 0.3 is 11.4 Å². The Morgan fingerprint density at radius 3 is 1.31 bits per heavy atom. The minimum absolute atomic E-state index is 0.0156. The maximum absolute atomic E-state index is 12.8.